The van der Waals surface area contributed by atoms with Gasteiger partial charge in [0.25, 0.3) is 0 Å². The molecule has 0 aliphatic heterocycles. The zero-order valence-corrected chi connectivity index (χ0v) is 11.1. The molecule has 0 aromatic heterocycles. The highest BCUT2D eigenvalue weighted by atomic mass is 14.9. The number of unbranched alkanes of at least 4 members (excludes halogenated alkanes) is 1. The third-order valence-electron chi connectivity index (χ3n) is 3.20. The fourth-order valence-electron chi connectivity index (χ4n) is 1.92. The number of hydrogen-bond acceptors (Lipinski definition) is 1. The van der Waals surface area contributed by atoms with Gasteiger partial charge < -0.3 is 5.32 Å². The first-order chi connectivity index (χ1) is 7.15. The maximum atomic E-state index is 4.03. The van der Waals surface area contributed by atoms with Crippen molar-refractivity contribution in [1.29, 1.82) is 0 Å². The van der Waals surface area contributed by atoms with E-state index in [0.717, 1.165) is 18.9 Å². The van der Waals surface area contributed by atoms with E-state index in [4.69, 9.17) is 0 Å². The number of rotatable bonds is 9. The summed E-state index contributed by atoms with van der Waals surface area (Å²) in [7, 11) is 0. The van der Waals surface area contributed by atoms with Crippen molar-refractivity contribution in [3.8, 4) is 0 Å². The smallest absolute Gasteiger partial charge is 0.0271 e. The van der Waals surface area contributed by atoms with Crippen LogP contribution in [-0.4, -0.2) is 12.6 Å². The van der Waals surface area contributed by atoms with E-state index in [9.17, 15) is 0 Å². The van der Waals surface area contributed by atoms with Crippen molar-refractivity contribution >= 4 is 0 Å². The monoisotopic (exact) mass is 211 g/mol. The minimum absolute atomic E-state index is 0.515. The van der Waals surface area contributed by atoms with Crippen molar-refractivity contribution in [2.45, 2.75) is 65.8 Å². The normalized spacial score (nSPS) is 14.9. The molecule has 0 aromatic carbocycles. The molecule has 0 saturated heterocycles. The fraction of sp³-hybridized carbons (Fsp3) is 0.857. The van der Waals surface area contributed by atoms with Crippen molar-refractivity contribution in [2.75, 3.05) is 6.54 Å². The summed E-state index contributed by atoms with van der Waals surface area (Å²) in [5.74, 6) is 0.846. The van der Waals surface area contributed by atoms with Gasteiger partial charge in [-0.1, -0.05) is 52.2 Å². The third kappa shape index (κ3) is 6.72. The van der Waals surface area contributed by atoms with Crippen LogP contribution in [0.25, 0.3) is 0 Å². The zero-order chi connectivity index (χ0) is 11.7. The van der Waals surface area contributed by atoms with E-state index in [-0.39, 0.29) is 0 Å². The zero-order valence-electron chi connectivity index (χ0n) is 11.1. The molecule has 0 radical (unpaired) electrons. The van der Waals surface area contributed by atoms with Crippen LogP contribution in [-0.2, 0) is 0 Å². The van der Waals surface area contributed by atoms with Crippen molar-refractivity contribution in [2.24, 2.45) is 5.92 Å². The Morgan fingerprint density at radius 1 is 1.20 bits per heavy atom. The van der Waals surface area contributed by atoms with Gasteiger partial charge in [0, 0.05) is 6.04 Å². The predicted octanol–water partition coefficient (Wildman–Crippen LogP) is 4.15. The topological polar surface area (TPSA) is 12.0 Å². The standard InChI is InChI=1S/C14H29N/c1-6-9-10-13(7-2)11-15-14(8-3)12(4)5/h13-15H,4,6-11H2,1-3,5H3. The molecule has 1 heteroatoms. The molecule has 0 saturated carbocycles. The molecule has 15 heavy (non-hydrogen) atoms. The van der Waals surface area contributed by atoms with Crippen LogP contribution in [0.3, 0.4) is 0 Å². The molecule has 0 aliphatic rings. The van der Waals surface area contributed by atoms with E-state index in [1.165, 1.54) is 31.3 Å². The minimum Gasteiger partial charge on any atom is -0.310 e. The molecule has 90 valence electrons. The van der Waals surface area contributed by atoms with E-state index in [1.807, 2.05) is 0 Å². The largest absolute Gasteiger partial charge is 0.310 e. The first-order valence-electron chi connectivity index (χ1n) is 6.54. The molecule has 0 spiro atoms. The van der Waals surface area contributed by atoms with Gasteiger partial charge in [0.15, 0.2) is 0 Å². The molecule has 0 fully saturated rings. The van der Waals surface area contributed by atoms with Crippen molar-refractivity contribution in [3.63, 3.8) is 0 Å². The average molecular weight is 211 g/mol. The van der Waals surface area contributed by atoms with Crippen LogP contribution in [0.15, 0.2) is 12.2 Å². The van der Waals surface area contributed by atoms with Crippen molar-refractivity contribution in [1.82, 2.24) is 5.32 Å². The van der Waals surface area contributed by atoms with Gasteiger partial charge >= 0.3 is 0 Å². The SMILES string of the molecule is C=C(C)C(CC)NCC(CC)CCCC. The summed E-state index contributed by atoms with van der Waals surface area (Å²) in [4.78, 5) is 0. The Balaban J connectivity index is 3.81. The van der Waals surface area contributed by atoms with Gasteiger partial charge in [-0.05, 0) is 32.2 Å². The highest BCUT2D eigenvalue weighted by Crippen LogP contribution is 2.12. The summed E-state index contributed by atoms with van der Waals surface area (Å²) in [5.41, 5.74) is 1.27. The Morgan fingerprint density at radius 3 is 2.27 bits per heavy atom. The molecule has 1 nitrogen and oxygen atoms in total. The van der Waals surface area contributed by atoms with E-state index >= 15 is 0 Å². The Bertz CT molecular complexity index is 163. The summed E-state index contributed by atoms with van der Waals surface area (Å²) in [5, 5.41) is 3.63. The molecule has 1 N–H and O–H groups in total. The molecule has 0 heterocycles. The first kappa shape index (κ1) is 14.7. The lowest BCUT2D eigenvalue weighted by molar-refractivity contribution is 0.398. The van der Waals surface area contributed by atoms with E-state index in [2.05, 4.69) is 39.6 Å². The van der Waals surface area contributed by atoms with Crippen LogP contribution in [0.4, 0.5) is 0 Å². The van der Waals surface area contributed by atoms with E-state index < -0.39 is 0 Å². The Morgan fingerprint density at radius 2 is 1.87 bits per heavy atom. The molecule has 0 rings (SSSR count). The average Bonchev–Trinajstić information content (AvgIpc) is 2.23. The van der Waals surface area contributed by atoms with Gasteiger partial charge in [0.1, 0.15) is 0 Å². The van der Waals surface area contributed by atoms with Gasteiger partial charge in [-0.25, -0.2) is 0 Å². The van der Waals surface area contributed by atoms with Crippen molar-refractivity contribution < 1.29 is 0 Å². The molecule has 2 atom stereocenters. The summed E-state index contributed by atoms with van der Waals surface area (Å²) < 4.78 is 0. The lowest BCUT2D eigenvalue weighted by Gasteiger charge is -2.21. The van der Waals surface area contributed by atoms with Crippen molar-refractivity contribution in [3.05, 3.63) is 12.2 Å². The van der Waals surface area contributed by atoms with E-state index in [0.29, 0.717) is 6.04 Å². The van der Waals surface area contributed by atoms with Gasteiger partial charge in [0.05, 0.1) is 0 Å². The quantitative estimate of drug-likeness (QED) is 0.565. The first-order valence-corrected chi connectivity index (χ1v) is 6.54. The second-order valence-electron chi connectivity index (χ2n) is 4.63. The summed E-state index contributed by atoms with van der Waals surface area (Å²) in [6.45, 7) is 14.1. The summed E-state index contributed by atoms with van der Waals surface area (Å²) >= 11 is 0. The van der Waals surface area contributed by atoms with Crippen LogP contribution >= 0.6 is 0 Å². The number of nitrogens with one attached hydrogen (secondary N) is 1. The molecular formula is C14H29N. The Hall–Kier alpha value is -0.300. The van der Waals surface area contributed by atoms with Gasteiger partial charge in [-0.3, -0.25) is 0 Å². The van der Waals surface area contributed by atoms with Crippen LogP contribution in [0.2, 0.25) is 0 Å². The molecule has 0 amide bonds. The molecular weight excluding hydrogens is 182 g/mol. The second-order valence-corrected chi connectivity index (χ2v) is 4.63. The van der Waals surface area contributed by atoms with Gasteiger partial charge in [-0.15, -0.1) is 0 Å². The minimum atomic E-state index is 0.515. The highest BCUT2D eigenvalue weighted by Gasteiger charge is 2.10. The molecule has 0 bridgehead atoms. The third-order valence-corrected chi connectivity index (χ3v) is 3.20. The van der Waals surface area contributed by atoms with Crippen LogP contribution in [0.5, 0.6) is 0 Å². The summed E-state index contributed by atoms with van der Waals surface area (Å²) in [6, 6.07) is 0.515. The number of hydrogen-bond donors (Lipinski definition) is 1. The van der Waals surface area contributed by atoms with Crippen LogP contribution in [0, 0.1) is 5.92 Å². The predicted molar refractivity (Wildman–Crippen MR) is 70.2 cm³/mol. The lowest BCUT2D eigenvalue weighted by atomic mass is 9.98. The fourth-order valence-corrected chi connectivity index (χ4v) is 1.92. The lowest BCUT2D eigenvalue weighted by Crippen LogP contribution is -2.33. The van der Waals surface area contributed by atoms with Crippen LogP contribution < -0.4 is 5.32 Å². The van der Waals surface area contributed by atoms with Gasteiger partial charge in [-0.2, -0.15) is 0 Å². The molecule has 2 unspecified atom stereocenters. The maximum Gasteiger partial charge on any atom is 0.0271 e. The van der Waals surface area contributed by atoms with E-state index in [1.54, 1.807) is 0 Å². The molecule has 0 aromatic rings. The molecule has 0 aliphatic carbocycles. The Kier molecular flexibility index (Phi) is 8.79. The highest BCUT2D eigenvalue weighted by molar-refractivity contribution is 5.00. The van der Waals surface area contributed by atoms with Crippen LogP contribution in [0.1, 0.15) is 59.8 Å². The summed E-state index contributed by atoms with van der Waals surface area (Å²) in [6.07, 6.45) is 6.49. The maximum absolute atomic E-state index is 4.03. The van der Waals surface area contributed by atoms with Gasteiger partial charge in [0.2, 0.25) is 0 Å². The Labute approximate surface area is 96.3 Å². The second kappa shape index (κ2) is 8.96.